The molecule has 0 aliphatic carbocycles. The molecule has 10 nitrogen and oxygen atoms in total. The third-order valence-corrected chi connectivity index (χ3v) is 8.44. The molecule has 0 radical (unpaired) electrons. The Morgan fingerprint density at radius 2 is 1.73 bits per heavy atom. The molecule has 3 heterocycles. The number of anilines is 5. The first-order valence-corrected chi connectivity index (χ1v) is 13.6. The molecule has 2 aromatic heterocycles. The number of halogens is 1. The molecular formula is C25H33FN8O2S. The standard InChI is InChI=1S/C25H33FN8O2S/c1-16-14-27-24(30-18-6-7-19(20(26)12-18)17-8-10-34(5)11-9-17)32-23(16)31-21-13-22(29-15-28-21)33-37(35,36)25(2,3)4/h6-7,12-15,17H,8-11H2,1-5H3,(H3,27,28,29,30,31,32,33). The van der Waals surface area contributed by atoms with E-state index < -0.39 is 14.8 Å². The van der Waals surface area contributed by atoms with E-state index >= 15 is 0 Å². The molecule has 0 spiro atoms. The molecule has 3 aromatic rings. The van der Waals surface area contributed by atoms with E-state index in [1.807, 2.05) is 19.1 Å². The molecule has 1 aromatic carbocycles. The van der Waals surface area contributed by atoms with Gasteiger partial charge in [-0.05, 0) is 84.3 Å². The second-order valence-corrected chi connectivity index (χ2v) is 12.7. The Hall–Kier alpha value is -3.38. The molecule has 1 fully saturated rings. The van der Waals surface area contributed by atoms with E-state index in [1.54, 1.807) is 27.0 Å². The molecule has 3 N–H and O–H groups in total. The molecule has 1 aliphatic rings. The van der Waals surface area contributed by atoms with Gasteiger partial charge in [0.2, 0.25) is 16.0 Å². The molecule has 37 heavy (non-hydrogen) atoms. The highest BCUT2D eigenvalue weighted by atomic mass is 32.2. The summed E-state index contributed by atoms with van der Waals surface area (Å²) >= 11 is 0. The van der Waals surface area contributed by atoms with Gasteiger partial charge in [-0.2, -0.15) is 4.98 Å². The number of hydrogen-bond donors (Lipinski definition) is 3. The maximum Gasteiger partial charge on any atom is 0.238 e. The van der Waals surface area contributed by atoms with Crippen LogP contribution in [0.2, 0.25) is 0 Å². The second-order valence-electron chi connectivity index (χ2n) is 10.3. The summed E-state index contributed by atoms with van der Waals surface area (Å²) in [5.41, 5.74) is 2.03. The van der Waals surface area contributed by atoms with Gasteiger partial charge in [0.05, 0.1) is 4.75 Å². The van der Waals surface area contributed by atoms with E-state index in [4.69, 9.17) is 0 Å². The molecule has 0 bridgehead atoms. The van der Waals surface area contributed by atoms with Crippen LogP contribution in [0.3, 0.4) is 0 Å². The summed E-state index contributed by atoms with van der Waals surface area (Å²) in [6.45, 7) is 8.56. The lowest BCUT2D eigenvalue weighted by Gasteiger charge is -2.29. The summed E-state index contributed by atoms with van der Waals surface area (Å²) in [4.78, 5) is 19.2. The number of aryl methyl sites for hydroxylation is 1. The predicted octanol–water partition coefficient (Wildman–Crippen LogP) is 4.55. The Balaban J connectivity index is 1.48. The Labute approximate surface area is 217 Å². The van der Waals surface area contributed by atoms with E-state index in [0.717, 1.165) is 37.1 Å². The van der Waals surface area contributed by atoms with Gasteiger partial charge in [-0.25, -0.2) is 27.8 Å². The summed E-state index contributed by atoms with van der Waals surface area (Å²) < 4.78 is 41.3. The number of likely N-dealkylation sites (tertiary alicyclic amines) is 1. The average molecular weight is 529 g/mol. The number of hydrogen-bond acceptors (Lipinski definition) is 9. The Kier molecular flexibility index (Phi) is 7.60. The topological polar surface area (TPSA) is 125 Å². The number of nitrogens with one attached hydrogen (secondary N) is 3. The summed E-state index contributed by atoms with van der Waals surface area (Å²) in [5, 5.41) is 6.13. The highest BCUT2D eigenvalue weighted by molar-refractivity contribution is 7.94. The van der Waals surface area contributed by atoms with Gasteiger partial charge in [0.1, 0.15) is 29.6 Å². The second kappa shape index (κ2) is 10.5. The number of rotatable bonds is 7. The summed E-state index contributed by atoms with van der Waals surface area (Å²) in [5.74, 6) is 1.21. The number of sulfonamides is 1. The normalized spacial score (nSPS) is 15.4. The molecule has 1 aliphatic heterocycles. The highest BCUT2D eigenvalue weighted by Crippen LogP contribution is 2.31. The number of piperidine rings is 1. The Morgan fingerprint density at radius 1 is 1.03 bits per heavy atom. The summed E-state index contributed by atoms with van der Waals surface area (Å²) in [6.07, 6.45) is 4.77. The molecule has 1 saturated heterocycles. The van der Waals surface area contributed by atoms with Crippen molar-refractivity contribution in [3.8, 4) is 0 Å². The fourth-order valence-corrected chi connectivity index (χ4v) is 4.60. The first kappa shape index (κ1) is 26.7. The largest absolute Gasteiger partial charge is 0.324 e. The van der Waals surface area contributed by atoms with Crippen molar-refractivity contribution in [2.45, 2.75) is 51.2 Å². The minimum atomic E-state index is -3.64. The maximum atomic E-state index is 14.9. The fourth-order valence-electron chi connectivity index (χ4n) is 3.91. The van der Waals surface area contributed by atoms with E-state index in [0.29, 0.717) is 17.3 Å². The van der Waals surface area contributed by atoms with Crippen molar-refractivity contribution in [3.05, 3.63) is 53.7 Å². The molecule has 4 rings (SSSR count). The van der Waals surface area contributed by atoms with E-state index in [2.05, 4.69) is 47.2 Å². The van der Waals surface area contributed by atoms with Crippen molar-refractivity contribution in [1.82, 2.24) is 24.8 Å². The van der Waals surface area contributed by atoms with Gasteiger partial charge in [0.25, 0.3) is 0 Å². The van der Waals surface area contributed by atoms with Gasteiger partial charge in [0, 0.05) is 23.5 Å². The smallest absolute Gasteiger partial charge is 0.238 e. The van der Waals surface area contributed by atoms with Crippen LogP contribution in [0.4, 0.5) is 33.5 Å². The van der Waals surface area contributed by atoms with Crippen LogP contribution >= 0.6 is 0 Å². The zero-order valence-electron chi connectivity index (χ0n) is 21.7. The SMILES string of the molecule is Cc1cnc(Nc2ccc(C3CCN(C)CC3)c(F)c2)nc1Nc1cc(NS(=O)(=O)C(C)(C)C)ncn1. The van der Waals surface area contributed by atoms with Crippen LogP contribution in [0, 0.1) is 12.7 Å². The monoisotopic (exact) mass is 528 g/mol. The van der Waals surface area contributed by atoms with Crippen LogP contribution in [-0.2, 0) is 10.0 Å². The van der Waals surface area contributed by atoms with Crippen LogP contribution in [0.25, 0.3) is 0 Å². The predicted molar refractivity (Wildman–Crippen MR) is 144 cm³/mol. The van der Waals surface area contributed by atoms with Crippen molar-refractivity contribution in [2.75, 3.05) is 35.5 Å². The van der Waals surface area contributed by atoms with Gasteiger partial charge < -0.3 is 15.5 Å². The van der Waals surface area contributed by atoms with Gasteiger partial charge in [-0.1, -0.05) is 6.07 Å². The minimum absolute atomic E-state index is 0.137. The fraction of sp³-hybridized carbons (Fsp3) is 0.440. The van der Waals surface area contributed by atoms with Crippen LogP contribution in [-0.4, -0.2) is 58.1 Å². The molecule has 0 unspecified atom stereocenters. The lowest BCUT2D eigenvalue weighted by molar-refractivity contribution is 0.253. The van der Waals surface area contributed by atoms with Crippen LogP contribution < -0.4 is 15.4 Å². The van der Waals surface area contributed by atoms with Crippen molar-refractivity contribution in [1.29, 1.82) is 0 Å². The molecule has 0 saturated carbocycles. The quantitative estimate of drug-likeness (QED) is 0.405. The van der Waals surface area contributed by atoms with Crippen molar-refractivity contribution >= 4 is 39.1 Å². The minimum Gasteiger partial charge on any atom is -0.324 e. The van der Waals surface area contributed by atoms with Crippen LogP contribution in [0.15, 0.2) is 36.8 Å². The van der Waals surface area contributed by atoms with E-state index in [1.165, 1.54) is 18.5 Å². The number of benzene rings is 1. The Bertz CT molecular complexity index is 1370. The molecule has 12 heteroatoms. The van der Waals surface area contributed by atoms with Crippen molar-refractivity contribution < 1.29 is 12.8 Å². The first-order chi connectivity index (χ1) is 17.4. The summed E-state index contributed by atoms with van der Waals surface area (Å²) in [6, 6.07) is 6.63. The highest BCUT2D eigenvalue weighted by Gasteiger charge is 2.29. The number of aromatic nitrogens is 4. The third-order valence-electron chi connectivity index (χ3n) is 6.35. The van der Waals surface area contributed by atoms with E-state index in [9.17, 15) is 12.8 Å². The first-order valence-electron chi connectivity index (χ1n) is 12.1. The van der Waals surface area contributed by atoms with Crippen molar-refractivity contribution in [3.63, 3.8) is 0 Å². The zero-order valence-corrected chi connectivity index (χ0v) is 22.5. The van der Waals surface area contributed by atoms with E-state index in [-0.39, 0.29) is 23.5 Å². The molecular weight excluding hydrogens is 495 g/mol. The summed E-state index contributed by atoms with van der Waals surface area (Å²) in [7, 11) is -1.56. The number of nitrogens with zero attached hydrogens (tertiary/aromatic N) is 5. The average Bonchev–Trinajstić information content (AvgIpc) is 2.81. The maximum absolute atomic E-state index is 14.9. The van der Waals surface area contributed by atoms with Gasteiger partial charge in [-0.3, -0.25) is 4.72 Å². The Morgan fingerprint density at radius 3 is 2.41 bits per heavy atom. The van der Waals surface area contributed by atoms with Crippen LogP contribution in [0.5, 0.6) is 0 Å². The molecule has 0 amide bonds. The lowest BCUT2D eigenvalue weighted by atomic mass is 9.89. The zero-order chi connectivity index (χ0) is 26.8. The van der Waals surface area contributed by atoms with Crippen LogP contribution in [0.1, 0.15) is 50.7 Å². The van der Waals surface area contributed by atoms with Gasteiger partial charge in [-0.15, -0.1) is 0 Å². The molecule has 198 valence electrons. The lowest BCUT2D eigenvalue weighted by Crippen LogP contribution is -2.34. The van der Waals surface area contributed by atoms with Crippen molar-refractivity contribution in [2.24, 2.45) is 0 Å². The van der Waals surface area contributed by atoms with Gasteiger partial charge in [0.15, 0.2) is 0 Å². The third kappa shape index (κ3) is 6.50. The molecule has 0 atom stereocenters. The van der Waals surface area contributed by atoms with Gasteiger partial charge >= 0.3 is 0 Å².